The SMILES string of the molecule is CC1(C)OB(c2ccc(NC(=O)Nc3cccc(Cl)c3)cc2F)OC1(C)C. The Bertz CT molecular complexity index is 860. The third kappa shape index (κ3) is 4.26. The van der Waals surface area contributed by atoms with E-state index in [-0.39, 0.29) is 5.46 Å². The number of carbonyl (C=O) groups is 1. The van der Waals surface area contributed by atoms with E-state index >= 15 is 0 Å². The Kier molecular flexibility index (Phi) is 5.21. The zero-order valence-corrected chi connectivity index (χ0v) is 16.4. The summed E-state index contributed by atoms with van der Waals surface area (Å²) < 4.78 is 26.3. The minimum absolute atomic E-state index is 0.287. The average molecular weight is 391 g/mol. The van der Waals surface area contributed by atoms with Crippen LogP contribution in [-0.4, -0.2) is 24.4 Å². The van der Waals surface area contributed by atoms with Crippen molar-refractivity contribution >= 4 is 41.6 Å². The molecule has 0 aliphatic carbocycles. The summed E-state index contributed by atoms with van der Waals surface area (Å²) in [6, 6.07) is 10.6. The van der Waals surface area contributed by atoms with Gasteiger partial charge in [-0.05, 0) is 58.0 Å². The van der Waals surface area contributed by atoms with E-state index in [4.69, 9.17) is 20.9 Å². The topological polar surface area (TPSA) is 59.6 Å². The van der Waals surface area contributed by atoms with Crippen LogP contribution in [0.4, 0.5) is 20.6 Å². The van der Waals surface area contributed by atoms with Gasteiger partial charge in [-0.15, -0.1) is 0 Å². The van der Waals surface area contributed by atoms with Crippen LogP contribution in [-0.2, 0) is 9.31 Å². The molecule has 2 amide bonds. The fraction of sp³-hybridized carbons (Fsp3) is 0.316. The number of hydrogen-bond donors (Lipinski definition) is 2. The van der Waals surface area contributed by atoms with Gasteiger partial charge in [-0.2, -0.15) is 0 Å². The lowest BCUT2D eigenvalue weighted by molar-refractivity contribution is 0.00578. The van der Waals surface area contributed by atoms with Crippen molar-refractivity contribution in [1.82, 2.24) is 0 Å². The number of nitrogens with one attached hydrogen (secondary N) is 2. The quantitative estimate of drug-likeness (QED) is 0.763. The van der Waals surface area contributed by atoms with Crippen LogP contribution < -0.4 is 16.1 Å². The molecule has 0 radical (unpaired) electrons. The van der Waals surface area contributed by atoms with Crippen LogP contribution in [0.5, 0.6) is 0 Å². The summed E-state index contributed by atoms with van der Waals surface area (Å²) in [5, 5.41) is 5.73. The number of anilines is 2. The Morgan fingerprint density at radius 2 is 1.59 bits per heavy atom. The molecule has 0 spiro atoms. The van der Waals surface area contributed by atoms with E-state index in [9.17, 15) is 9.18 Å². The highest BCUT2D eigenvalue weighted by Gasteiger charge is 2.52. The smallest absolute Gasteiger partial charge is 0.399 e. The van der Waals surface area contributed by atoms with Crippen molar-refractivity contribution in [2.75, 3.05) is 10.6 Å². The van der Waals surface area contributed by atoms with E-state index in [0.717, 1.165) is 0 Å². The van der Waals surface area contributed by atoms with Gasteiger partial charge in [0.15, 0.2) is 0 Å². The number of rotatable bonds is 3. The Balaban J connectivity index is 1.69. The summed E-state index contributed by atoms with van der Waals surface area (Å²) in [5.74, 6) is -0.519. The van der Waals surface area contributed by atoms with Crippen LogP contribution in [0.2, 0.25) is 5.02 Å². The molecule has 0 unspecified atom stereocenters. The van der Waals surface area contributed by atoms with E-state index in [2.05, 4.69) is 10.6 Å². The zero-order chi connectivity index (χ0) is 19.8. The maximum Gasteiger partial charge on any atom is 0.497 e. The van der Waals surface area contributed by atoms with Crippen LogP contribution in [0, 0.1) is 5.82 Å². The number of hydrogen-bond acceptors (Lipinski definition) is 3. The second-order valence-electron chi connectivity index (χ2n) is 7.41. The first-order chi connectivity index (χ1) is 12.6. The summed E-state index contributed by atoms with van der Waals surface area (Å²) in [7, 11) is -0.802. The summed E-state index contributed by atoms with van der Waals surface area (Å²) in [6.07, 6.45) is 0. The van der Waals surface area contributed by atoms with E-state index in [1.165, 1.54) is 6.07 Å². The molecule has 0 saturated carbocycles. The molecular formula is C19H21BClFN2O3. The second kappa shape index (κ2) is 7.15. The molecule has 2 aromatic carbocycles. The van der Waals surface area contributed by atoms with Crippen LogP contribution >= 0.6 is 11.6 Å². The number of halogens is 2. The third-order valence-corrected chi connectivity index (χ3v) is 5.08. The van der Waals surface area contributed by atoms with Crippen molar-refractivity contribution in [3.63, 3.8) is 0 Å². The average Bonchev–Trinajstić information content (AvgIpc) is 2.75. The monoisotopic (exact) mass is 390 g/mol. The molecule has 0 bridgehead atoms. The van der Waals surface area contributed by atoms with Crippen molar-refractivity contribution in [3.05, 3.63) is 53.3 Å². The first kappa shape index (κ1) is 19.7. The minimum Gasteiger partial charge on any atom is -0.399 e. The van der Waals surface area contributed by atoms with Gasteiger partial charge in [-0.25, -0.2) is 9.18 Å². The van der Waals surface area contributed by atoms with Crippen molar-refractivity contribution in [3.8, 4) is 0 Å². The van der Waals surface area contributed by atoms with Crippen LogP contribution in [0.25, 0.3) is 0 Å². The molecule has 3 rings (SSSR count). The summed E-state index contributed by atoms with van der Waals surface area (Å²) in [4.78, 5) is 12.1. The summed E-state index contributed by atoms with van der Waals surface area (Å²) in [6.45, 7) is 7.62. The van der Waals surface area contributed by atoms with Crippen LogP contribution in [0.3, 0.4) is 0 Å². The molecule has 2 aromatic rings. The summed E-state index contributed by atoms with van der Waals surface area (Å²) in [5.41, 5.74) is 0.0199. The highest BCUT2D eigenvalue weighted by Crippen LogP contribution is 2.36. The fourth-order valence-electron chi connectivity index (χ4n) is 2.63. The molecule has 8 heteroatoms. The molecular weight excluding hydrogens is 369 g/mol. The Labute approximate surface area is 163 Å². The van der Waals surface area contributed by atoms with E-state index in [1.54, 1.807) is 36.4 Å². The number of carbonyl (C=O) groups excluding carboxylic acids is 1. The maximum absolute atomic E-state index is 14.6. The first-order valence-corrected chi connectivity index (χ1v) is 8.94. The summed E-state index contributed by atoms with van der Waals surface area (Å²) >= 11 is 5.88. The first-order valence-electron chi connectivity index (χ1n) is 8.56. The van der Waals surface area contributed by atoms with E-state index < -0.39 is 30.2 Å². The number of benzene rings is 2. The molecule has 142 valence electrons. The van der Waals surface area contributed by atoms with Crippen molar-refractivity contribution in [2.24, 2.45) is 0 Å². The van der Waals surface area contributed by atoms with Crippen molar-refractivity contribution in [1.29, 1.82) is 0 Å². The second-order valence-corrected chi connectivity index (χ2v) is 7.85. The van der Waals surface area contributed by atoms with Gasteiger partial charge in [0.1, 0.15) is 5.82 Å². The third-order valence-electron chi connectivity index (χ3n) is 4.85. The molecule has 1 aliphatic rings. The zero-order valence-electron chi connectivity index (χ0n) is 15.6. The molecule has 0 atom stereocenters. The molecule has 1 aliphatic heterocycles. The number of amides is 2. The molecule has 2 N–H and O–H groups in total. The van der Waals surface area contributed by atoms with Gasteiger partial charge in [0, 0.05) is 21.9 Å². The van der Waals surface area contributed by atoms with Gasteiger partial charge >= 0.3 is 13.1 Å². The van der Waals surface area contributed by atoms with Gasteiger partial charge in [-0.1, -0.05) is 23.7 Å². The van der Waals surface area contributed by atoms with E-state index in [1.807, 2.05) is 27.7 Å². The Morgan fingerprint density at radius 1 is 1.00 bits per heavy atom. The normalized spacial score (nSPS) is 17.6. The predicted octanol–water partition coefficient (Wildman–Crippen LogP) is 4.42. The van der Waals surface area contributed by atoms with E-state index in [0.29, 0.717) is 16.4 Å². The molecule has 1 heterocycles. The lowest BCUT2D eigenvalue weighted by Gasteiger charge is -2.32. The highest BCUT2D eigenvalue weighted by molar-refractivity contribution is 6.62. The molecule has 1 saturated heterocycles. The predicted molar refractivity (Wildman–Crippen MR) is 106 cm³/mol. The van der Waals surface area contributed by atoms with Crippen molar-refractivity contribution in [2.45, 2.75) is 38.9 Å². The molecule has 0 aromatic heterocycles. The van der Waals surface area contributed by atoms with Gasteiger partial charge in [-0.3, -0.25) is 0 Å². The van der Waals surface area contributed by atoms with Gasteiger partial charge in [0.25, 0.3) is 0 Å². The van der Waals surface area contributed by atoms with Gasteiger partial charge in [0.2, 0.25) is 0 Å². The van der Waals surface area contributed by atoms with Gasteiger partial charge < -0.3 is 19.9 Å². The van der Waals surface area contributed by atoms with Crippen LogP contribution in [0.15, 0.2) is 42.5 Å². The molecule has 5 nitrogen and oxygen atoms in total. The Hall–Kier alpha value is -2.09. The standard InChI is InChI=1S/C19H21BClFN2O3/c1-18(2)19(3,4)27-20(26-18)15-9-8-14(11-16(15)22)24-17(25)23-13-7-5-6-12(21)10-13/h5-11H,1-4H3,(H2,23,24,25). The largest absolute Gasteiger partial charge is 0.497 e. The highest BCUT2D eigenvalue weighted by atomic mass is 35.5. The lowest BCUT2D eigenvalue weighted by atomic mass is 9.78. The minimum atomic E-state index is -0.802. The fourth-order valence-corrected chi connectivity index (χ4v) is 2.82. The lowest BCUT2D eigenvalue weighted by Crippen LogP contribution is -2.41. The number of urea groups is 1. The van der Waals surface area contributed by atoms with Crippen LogP contribution in [0.1, 0.15) is 27.7 Å². The maximum atomic E-state index is 14.6. The molecule has 1 fully saturated rings. The Morgan fingerprint density at radius 3 is 2.15 bits per heavy atom. The van der Waals surface area contributed by atoms with Crippen molar-refractivity contribution < 1.29 is 18.5 Å². The molecule has 27 heavy (non-hydrogen) atoms. The van der Waals surface area contributed by atoms with Gasteiger partial charge in [0.05, 0.1) is 11.2 Å².